The third-order valence-electron chi connectivity index (χ3n) is 3.77. The van der Waals surface area contributed by atoms with E-state index < -0.39 is 0 Å². The lowest BCUT2D eigenvalue weighted by atomic mass is 10.0. The first-order valence-electron chi connectivity index (χ1n) is 8.31. The van der Waals surface area contributed by atoms with Crippen LogP contribution in [-0.2, 0) is 6.42 Å². The number of hydrogen-bond acceptors (Lipinski definition) is 4. The zero-order chi connectivity index (χ0) is 16.8. The van der Waals surface area contributed by atoms with Crippen LogP contribution in [-0.4, -0.2) is 21.0 Å². The summed E-state index contributed by atoms with van der Waals surface area (Å²) in [5, 5.41) is 3.41. The van der Waals surface area contributed by atoms with Gasteiger partial charge < -0.3 is 10.3 Å². The molecule has 0 aliphatic rings. The minimum absolute atomic E-state index is 0.128. The van der Waals surface area contributed by atoms with E-state index in [-0.39, 0.29) is 5.56 Å². The lowest BCUT2D eigenvalue weighted by Gasteiger charge is -2.15. The summed E-state index contributed by atoms with van der Waals surface area (Å²) in [5.74, 6) is 2.13. The van der Waals surface area contributed by atoms with Crippen LogP contribution in [0.2, 0.25) is 0 Å². The lowest BCUT2D eigenvalue weighted by molar-refractivity contribution is 0.527. The number of hydrogen-bond donors (Lipinski definition) is 2. The van der Waals surface area contributed by atoms with E-state index in [9.17, 15) is 4.79 Å². The van der Waals surface area contributed by atoms with Crippen LogP contribution in [0.3, 0.4) is 0 Å². The maximum absolute atomic E-state index is 11.7. The van der Waals surface area contributed by atoms with Gasteiger partial charge in [0.15, 0.2) is 0 Å². The summed E-state index contributed by atoms with van der Waals surface area (Å²) in [6.07, 6.45) is 4.79. The van der Waals surface area contributed by atoms with E-state index in [0.29, 0.717) is 17.8 Å². The Balaban J connectivity index is 2.07. The molecule has 23 heavy (non-hydrogen) atoms. The quantitative estimate of drug-likeness (QED) is 0.818. The fourth-order valence-electron chi connectivity index (χ4n) is 2.35. The Kier molecular flexibility index (Phi) is 5.90. The van der Waals surface area contributed by atoms with E-state index in [1.54, 1.807) is 6.20 Å². The highest BCUT2D eigenvalue weighted by molar-refractivity contribution is 5.55. The second-order valence-electron chi connectivity index (χ2n) is 6.39. The van der Waals surface area contributed by atoms with E-state index in [0.717, 1.165) is 29.9 Å². The average molecular weight is 314 g/mol. The molecule has 0 fully saturated rings. The van der Waals surface area contributed by atoms with Crippen LogP contribution in [0.1, 0.15) is 46.2 Å². The number of aryl methyl sites for hydroxylation is 1. The minimum Gasteiger partial charge on any atom is -0.368 e. The molecule has 0 saturated carbocycles. The Morgan fingerprint density at radius 1 is 1.22 bits per heavy atom. The summed E-state index contributed by atoms with van der Waals surface area (Å²) >= 11 is 0. The van der Waals surface area contributed by atoms with Crippen LogP contribution < -0.4 is 10.9 Å². The third kappa shape index (κ3) is 5.20. The average Bonchev–Trinajstić information content (AvgIpc) is 2.53. The smallest absolute Gasteiger partial charge is 0.251 e. The van der Waals surface area contributed by atoms with Crippen molar-refractivity contribution in [2.75, 3.05) is 5.32 Å². The molecule has 2 aromatic rings. The van der Waals surface area contributed by atoms with Gasteiger partial charge in [0.05, 0.1) is 0 Å². The van der Waals surface area contributed by atoms with Gasteiger partial charge in [-0.2, -0.15) is 0 Å². The molecular weight excluding hydrogens is 288 g/mol. The summed E-state index contributed by atoms with van der Waals surface area (Å²) in [5.41, 5.74) is 1.47. The van der Waals surface area contributed by atoms with Crippen LogP contribution in [0.25, 0.3) is 11.4 Å². The molecule has 5 heteroatoms. The van der Waals surface area contributed by atoms with Gasteiger partial charge in [0, 0.05) is 29.6 Å². The Morgan fingerprint density at radius 3 is 2.61 bits per heavy atom. The van der Waals surface area contributed by atoms with E-state index in [1.165, 1.54) is 12.5 Å². The van der Waals surface area contributed by atoms with Crippen molar-refractivity contribution in [2.45, 2.75) is 53.0 Å². The highest BCUT2D eigenvalue weighted by Crippen LogP contribution is 2.16. The van der Waals surface area contributed by atoms with Crippen LogP contribution in [0.4, 0.5) is 5.82 Å². The van der Waals surface area contributed by atoms with E-state index in [2.05, 4.69) is 41.0 Å². The molecule has 2 aromatic heterocycles. The maximum atomic E-state index is 11.7. The highest BCUT2D eigenvalue weighted by atomic mass is 16.1. The zero-order valence-electron chi connectivity index (χ0n) is 14.4. The Morgan fingerprint density at radius 2 is 2.00 bits per heavy atom. The molecule has 0 aliphatic carbocycles. The van der Waals surface area contributed by atoms with Crippen molar-refractivity contribution in [3.8, 4) is 11.4 Å². The van der Waals surface area contributed by atoms with E-state index in [1.807, 2.05) is 19.1 Å². The minimum atomic E-state index is -0.128. The standard InChI is InChI=1S/C18H26N4O/c1-5-15-10-17(23)22-18(21-15)14-8-9-16(19-11-14)20-13(4)7-6-12(2)3/h8-13H,5-7H2,1-4H3,(H,19,20)(H,21,22,23). The fourth-order valence-corrected chi connectivity index (χ4v) is 2.35. The lowest BCUT2D eigenvalue weighted by Crippen LogP contribution is -2.16. The Hall–Kier alpha value is -2.17. The van der Waals surface area contributed by atoms with Crippen molar-refractivity contribution < 1.29 is 0 Å². The van der Waals surface area contributed by atoms with Crippen LogP contribution >= 0.6 is 0 Å². The Labute approximate surface area is 137 Å². The van der Waals surface area contributed by atoms with Gasteiger partial charge >= 0.3 is 0 Å². The first kappa shape index (κ1) is 17.2. The van der Waals surface area contributed by atoms with Crippen molar-refractivity contribution in [1.82, 2.24) is 15.0 Å². The second kappa shape index (κ2) is 7.90. The molecule has 124 valence electrons. The highest BCUT2D eigenvalue weighted by Gasteiger charge is 2.07. The Bertz CT molecular complexity index is 676. The zero-order valence-corrected chi connectivity index (χ0v) is 14.4. The molecule has 0 bridgehead atoms. The molecule has 2 N–H and O–H groups in total. The van der Waals surface area contributed by atoms with Gasteiger partial charge in [-0.25, -0.2) is 9.97 Å². The first-order chi connectivity index (χ1) is 11.0. The van der Waals surface area contributed by atoms with Crippen LogP contribution in [0, 0.1) is 5.92 Å². The molecule has 0 spiro atoms. The summed E-state index contributed by atoms with van der Waals surface area (Å²) in [4.78, 5) is 23.3. The second-order valence-corrected chi connectivity index (χ2v) is 6.39. The molecule has 1 unspecified atom stereocenters. The van der Waals surface area contributed by atoms with Gasteiger partial charge in [0.25, 0.3) is 5.56 Å². The van der Waals surface area contributed by atoms with Gasteiger partial charge in [-0.1, -0.05) is 20.8 Å². The molecule has 5 nitrogen and oxygen atoms in total. The molecule has 0 amide bonds. The number of nitrogens with one attached hydrogen (secondary N) is 2. The number of H-pyrrole nitrogens is 1. The van der Waals surface area contributed by atoms with Crippen molar-refractivity contribution in [3.63, 3.8) is 0 Å². The molecule has 0 radical (unpaired) electrons. The summed E-state index contributed by atoms with van der Waals surface area (Å²) in [6, 6.07) is 5.78. The topological polar surface area (TPSA) is 70.7 Å². The fraction of sp³-hybridized carbons (Fsp3) is 0.500. The number of nitrogens with zero attached hydrogens (tertiary/aromatic N) is 2. The third-order valence-corrected chi connectivity index (χ3v) is 3.77. The molecular formula is C18H26N4O. The molecule has 2 heterocycles. The summed E-state index contributed by atoms with van der Waals surface area (Å²) < 4.78 is 0. The van der Waals surface area contributed by atoms with E-state index in [4.69, 9.17) is 0 Å². The van der Waals surface area contributed by atoms with Crippen molar-refractivity contribution >= 4 is 5.82 Å². The van der Waals surface area contributed by atoms with Crippen LogP contribution in [0.15, 0.2) is 29.2 Å². The predicted molar refractivity (Wildman–Crippen MR) is 94.6 cm³/mol. The largest absolute Gasteiger partial charge is 0.368 e. The van der Waals surface area contributed by atoms with Crippen LogP contribution in [0.5, 0.6) is 0 Å². The van der Waals surface area contributed by atoms with Gasteiger partial charge in [-0.05, 0) is 44.2 Å². The molecule has 0 aromatic carbocycles. The number of pyridine rings is 1. The van der Waals surface area contributed by atoms with Gasteiger partial charge in [0.1, 0.15) is 11.6 Å². The normalized spacial score (nSPS) is 12.4. The predicted octanol–water partition coefficient (Wildman–Crippen LogP) is 3.63. The summed E-state index contributed by atoms with van der Waals surface area (Å²) in [6.45, 7) is 8.62. The SMILES string of the molecule is CCc1cc(=O)[nH]c(-c2ccc(NC(C)CCC(C)C)nc2)n1. The molecule has 2 rings (SSSR count). The molecule has 0 saturated heterocycles. The van der Waals surface area contributed by atoms with E-state index >= 15 is 0 Å². The van der Waals surface area contributed by atoms with Gasteiger partial charge in [-0.15, -0.1) is 0 Å². The van der Waals surface area contributed by atoms with Gasteiger partial charge in [0.2, 0.25) is 0 Å². The van der Waals surface area contributed by atoms with Crippen molar-refractivity contribution in [2.24, 2.45) is 5.92 Å². The number of aromatic nitrogens is 3. The van der Waals surface area contributed by atoms with Crippen molar-refractivity contribution in [1.29, 1.82) is 0 Å². The van der Waals surface area contributed by atoms with Crippen molar-refractivity contribution in [3.05, 3.63) is 40.4 Å². The molecule has 0 aliphatic heterocycles. The van der Waals surface area contributed by atoms with Gasteiger partial charge in [-0.3, -0.25) is 4.79 Å². The number of aromatic amines is 1. The summed E-state index contributed by atoms with van der Waals surface area (Å²) in [7, 11) is 0. The first-order valence-corrected chi connectivity index (χ1v) is 8.31. The number of anilines is 1. The monoisotopic (exact) mass is 314 g/mol. The molecule has 1 atom stereocenters. The number of rotatable bonds is 7. The maximum Gasteiger partial charge on any atom is 0.251 e.